The summed E-state index contributed by atoms with van der Waals surface area (Å²) < 4.78 is 15.7. The fraction of sp³-hybridized carbons (Fsp3) is 0.524. The van der Waals surface area contributed by atoms with Gasteiger partial charge in [-0.25, -0.2) is 4.39 Å². The van der Waals surface area contributed by atoms with Gasteiger partial charge >= 0.3 is 0 Å². The van der Waals surface area contributed by atoms with Crippen LogP contribution in [0.4, 0.5) is 10.1 Å². The SMILES string of the molecule is Cc1nn(Cc2ccccc2F)c(C)c1NC(=O)CC1CC2CCC1C2. The summed E-state index contributed by atoms with van der Waals surface area (Å²) >= 11 is 0. The Balaban J connectivity index is 1.44. The van der Waals surface area contributed by atoms with Gasteiger partial charge in [0.25, 0.3) is 0 Å². The molecule has 5 heteroatoms. The Hall–Kier alpha value is -2.17. The van der Waals surface area contributed by atoms with Crippen LogP contribution in [0.15, 0.2) is 24.3 Å². The first-order valence-corrected chi connectivity index (χ1v) is 9.58. The van der Waals surface area contributed by atoms with Gasteiger partial charge in [-0.2, -0.15) is 5.10 Å². The van der Waals surface area contributed by atoms with Gasteiger partial charge < -0.3 is 5.32 Å². The normalized spacial score (nSPS) is 24.2. The number of aryl methyl sites for hydroxylation is 1. The molecule has 26 heavy (non-hydrogen) atoms. The Bertz CT molecular complexity index is 829. The molecule has 4 rings (SSSR count). The molecule has 4 nitrogen and oxygen atoms in total. The van der Waals surface area contributed by atoms with E-state index in [1.165, 1.54) is 31.7 Å². The van der Waals surface area contributed by atoms with Crippen LogP contribution >= 0.6 is 0 Å². The summed E-state index contributed by atoms with van der Waals surface area (Å²) in [7, 11) is 0. The number of carbonyl (C=O) groups excluding carboxylic acids is 1. The number of nitrogens with zero attached hydrogens (tertiary/aromatic N) is 2. The van der Waals surface area contributed by atoms with Gasteiger partial charge in [0.15, 0.2) is 0 Å². The molecule has 2 aliphatic rings. The predicted octanol–water partition coefficient (Wildman–Crippen LogP) is 4.45. The Kier molecular flexibility index (Phi) is 4.55. The molecule has 3 atom stereocenters. The maximum atomic E-state index is 13.9. The molecule has 2 saturated carbocycles. The first-order chi connectivity index (χ1) is 12.5. The van der Waals surface area contributed by atoms with E-state index in [0.717, 1.165) is 28.9 Å². The average molecular weight is 355 g/mol. The molecule has 138 valence electrons. The largest absolute Gasteiger partial charge is 0.323 e. The van der Waals surface area contributed by atoms with Crippen molar-refractivity contribution in [3.63, 3.8) is 0 Å². The quantitative estimate of drug-likeness (QED) is 0.861. The summed E-state index contributed by atoms with van der Waals surface area (Å²) in [5.41, 5.74) is 3.01. The first kappa shape index (κ1) is 17.3. The van der Waals surface area contributed by atoms with E-state index in [4.69, 9.17) is 0 Å². The van der Waals surface area contributed by atoms with Crippen LogP contribution in [0.2, 0.25) is 0 Å². The molecule has 2 bridgehead atoms. The van der Waals surface area contributed by atoms with E-state index in [2.05, 4.69) is 10.4 Å². The monoisotopic (exact) mass is 355 g/mol. The number of halogens is 1. The summed E-state index contributed by atoms with van der Waals surface area (Å²) in [4.78, 5) is 12.6. The van der Waals surface area contributed by atoms with E-state index in [1.807, 2.05) is 19.9 Å². The van der Waals surface area contributed by atoms with Crippen LogP contribution < -0.4 is 5.32 Å². The highest BCUT2D eigenvalue weighted by Gasteiger charge is 2.40. The second kappa shape index (κ2) is 6.86. The first-order valence-electron chi connectivity index (χ1n) is 9.58. The number of amides is 1. The summed E-state index contributed by atoms with van der Waals surface area (Å²) in [5.74, 6) is 1.99. The van der Waals surface area contributed by atoms with E-state index in [9.17, 15) is 9.18 Å². The second-order valence-corrected chi connectivity index (χ2v) is 7.98. The van der Waals surface area contributed by atoms with E-state index in [1.54, 1.807) is 16.8 Å². The maximum Gasteiger partial charge on any atom is 0.224 e. The Morgan fingerprint density at radius 3 is 2.77 bits per heavy atom. The fourth-order valence-electron chi connectivity index (χ4n) is 4.87. The number of anilines is 1. The topological polar surface area (TPSA) is 46.9 Å². The number of hydrogen-bond acceptors (Lipinski definition) is 2. The van der Waals surface area contributed by atoms with E-state index < -0.39 is 0 Å². The summed E-state index contributed by atoms with van der Waals surface area (Å²) in [6.45, 7) is 4.17. The Labute approximate surface area is 153 Å². The van der Waals surface area contributed by atoms with Crippen LogP contribution in [0, 0.1) is 37.4 Å². The maximum absolute atomic E-state index is 13.9. The zero-order chi connectivity index (χ0) is 18.3. The van der Waals surface area contributed by atoms with E-state index in [0.29, 0.717) is 24.4 Å². The van der Waals surface area contributed by atoms with Crippen molar-refractivity contribution in [3.05, 3.63) is 47.0 Å². The second-order valence-electron chi connectivity index (χ2n) is 7.98. The predicted molar refractivity (Wildman–Crippen MR) is 99.4 cm³/mol. The van der Waals surface area contributed by atoms with Crippen LogP contribution in [0.5, 0.6) is 0 Å². The van der Waals surface area contributed by atoms with Crippen molar-refractivity contribution in [3.8, 4) is 0 Å². The number of nitrogens with one attached hydrogen (secondary N) is 1. The minimum atomic E-state index is -0.234. The lowest BCUT2D eigenvalue weighted by Gasteiger charge is -2.20. The molecule has 1 amide bonds. The molecule has 1 heterocycles. The highest BCUT2D eigenvalue weighted by atomic mass is 19.1. The van der Waals surface area contributed by atoms with Gasteiger partial charge in [-0.15, -0.1) is 0 Å². The van der Waals surface area contributed by atoms with Crippen LogP contribution in [0.25, 0.3) is 0 Å². The summed E-state index contributed by atoms with van der Waals surface area (Å²) in [6.07, 6.45) is 5.78. The van der Waals surface area contributed by atoms with Gasteiger partial charge in [0.2, 0.25) is 5.91 Å². The third kappa shape index (κ3) is 3.27. The minimum Gasteiger partial charge on any atom is -0.323 e. The molecule has 2 fully saturated rings. The highest BCUT2D eigenvalue weighted by Crippen LogP contribution is 2.49. The van der Waals surface area contributed by atoms with Gasteiger partial charge in [0, 0.05) is 12.0 Å². The molecule has 2 aliphatic carbocycles. The van der Waals surface area contributed by atoms with E-state index in [-0.39, 0.29) is 11.7 Å². The van der Waals surface area contributed by atoms with Crippen molar-refractivity contribution in [1.29, 1.82) is 0 Å². The lowest BCUT2D eigenvalue weighted by atomic mass is 9.86. The molecule has 2 aromatic rings. The Morgan fingerprint density at radius 1 is 1.27 bits per heavy atom. The fourth-order valence-corrected chi connectivity index (χ4v) is 4.87. The van der Waals surface area contributed by atoms with Crippen molar-refractivity contribution in [1.82, 2.24) is 9.78 Å². The molecule has 0 spiro atoms. The number of fused-ring (bicyclic) bond motifs is 2. The molecule has 1 N–H and O–H groups in total. The number of hydrogen-bond donors (Lipinski definition) is 1. The van der Waals surface area contributed by atoms with Crippen LogP contribution in [0.3, 0.4) is 0 Å². The summed E-state index contributed by atoms with van der Waals surface area (Å²) in [5, 5.41) is 7.57. The number of carbonyl (C=O) groups is 1. The van der Waals surface area contributed by atoms with Crippen molar-refractivity contribution < 1.29 is 9.18 Å². The van der Waals surface area contributed by atoms with Crippen molar-refractivity contribution in [2.75, 3.05) is 5.32 Å². The smallest absolute Gasteiger partial charge is 0.224 e. The van der Waals surface area contributed by atoms with Crippen LogP contribution in [0.1, 0.15) is 49.1 Å². The van der Waals surface area contributed by atoms with Gasteiger partial charge in [-0.3, -0.25) is 9.48 Å². The van der Waals surface area contributed by atoms with Gasteiger partial charge in [-0.1, -0.05) is 24.6 Å². The average Bonchev–Trinajstić information content (AvgIpc) is 3.28. The third-order valence-electron chi connectivity index (χ3n) is 6.26. The van der Waals surface area contributed by atoms with E-state index >= 15 is 0 Å². The number of aromatic nitrogens is 2. The lowest BCUT2D eigenvalue weighted by molar-refractivity contribution is -0.117. The summed E-state index contributed by atoms with van der Waals surface area (Å²) in [6, 6.07) is 6.72. The van der Waals surface area contributed by atoms with Crippen LogP contribution in [-0.4, -0.2) is 15.7 Å². The molecular weight excluding hydrogens is 329 g/mol. The molecule has 3 unspecified atom stereocenters. The molecule has 1 aromatic carbocycles. The highest BCUT2D eigenvalue weighted by molar-refractivity contribution is 5.92. The number of rotatable bonds is 5. The van der Waals surface area contributed by atoms with Crippen molar-refractivity contribution in [2.45, 2.75) is 52.5 Å². The Morgan fingerprint density at radius 2 is 2.08 bits per heavy atom. The lowest BCUT2D eigenvalue weighted by Crippen LogP contribution is -2.20. The van der Waals surface area contributed by atoms with Crippen molar-refractivity contribution >= 4 is 11.6 Å². The van der Waals surface area contributed by atoms with Crippen molar-refractivity contribution in [2.24, 2.45) is 17.8 Å². The zero-order valence-corrected chi connectivity index (χ0v) is 15.5. The zero-order valence-electron chi connectivity index (χ0n) is 15.5. The third-order valence-corrected chi connectivity index (χ3v) is 6.26. The van der Waals surface area contributed by atoms with Gasteiger partial charge in [0.05, 0.1) is 23.6 Å². The minimum absolute atomic E-state index is 0.0826. The van der Waals surface area contributed by atoms with Crippen LogP contribution in [-0.2, 0) is 11.3 Å². The molecule has 0 radical (unpaired) electrons. The van der Waals surface area contributed by atoms with Gasteiger partial charge in [0.1, 0.15) is 5.82 Å². The number of benzene rings is 1. The molecule has 1 aromatic heterocycles. The standard InChI is InChI=1S/C21H26FN3O/c1-13-21(23-20(26)11-18-10-15-7-8-16(18)9-15)14(2)25(24-13)12-17-5-3-4-6-19(17)22/h3-6,15-16,18H,7-12H2,1-2H3,(H,23,26). The molecule has 0 aliphatic heterocycles. The molecule has 0 saturated heterocycles. The van der Waals surface area contributed by atoms with Gasteiger partial charge in [-0.05, 0) is 56.9 Å². The molecular formula is C21H26FN3O.